The molecule has 1 amide bonds. The van der Waals surface area contributed by atoms with E-state index in [0.717, 1.165) is 31.6 Å². The van der Waals surface area contributed by atoms with Crippen LogP contribution in [0.4, 0.5) is 24.5 Å². The number of benzene rings is 2. The van der Waals surface area contributed by atoms with Gasteiger partial charge in [0.05, 0.1) is 27.4 Å². The minimum Gasteiger partial charge on any atom is -0.325 e. The zero-order valence-corrected chi connectivity index (χ0v) is 20.9. The van der Waals surface area contributed by atoms with Gasteiger partial charge in [-0.15, -0.1) is 0 Å². The van der Waals surface area contributed by atoms with Crippen molar-refractivity contribution in [3.63, 3.8) is 0 Å². The van der Waals surface area contributed by atoms with E-state index >= 15 is 0 Å². The number of alkyl halides is 3. The van der Waals surface area contributed by atoms with Crippen molar-refractivity contribution in [1.82, 2.24) is 4.31 Å². The van der Waals surface area contributed by atoms with Crippen LogP contribution in [0.1, 0.15) is 24.8 Å². The summed E-state index contributed by atoms with van der Waals surface area (Å²) in [6, 6.07) is 7.47. The maximum absolute atomic E-state index is 13.1. The number of hydrogen-bond donors (Lipinski definition) is 1. The third-order valence-electron chi connectivity index (χ3n) is 5.32. The van der Waals surface area contributed by atoms with Crippen molar-refractivity contribution in [2.24, 2.45) is 0 Å². The molecule has 8 nitrogen and oxygen atoms in total. The highest BCUT2D eigenvalue weighted by Gasteiger charge is 2.33. The molecule has 3 rings (SSSR count). The summed E-state index contributed by atoms with van der Waals surface area (Å²) in [5, 5.41) is 2.13. The molecule has 0 spiro atoms. The summed E-state index contributed by atoms with van der Waals surface area (Å²) in [5.74, 6) is -0.865. The van der Waals surface area contributed by atoms with Gasteiger partial charge >= 0.3 is 6.18 Å². The molecule has 2 aromatic rings. The first kappa shape index (κ1) is 27.2. The van der Waals surface area contributed by atoms with Gasteiger partial charge in [-0.05, 0) is 55.3 Å². The minimum absolute atomic E-state index is 0.0471. The Kier molecular flexibility index (Phi) is 8.04. The molecule has 0 saturated carbocycles. The predicted molar refractivity (Wildman–Crippen MR) is 126 cm³/mol. The van der Waals surface area contributed by atoms with Gasteiger partial charge in [-0.3, -0.25) is 9.10 Å². The van der Waals surface area contributed by atoms with Crippen LogP contribution >= 0.6 is 11.6 Å². The van der Waals surface area contributed by atoms with Crippen molar-refractivity contribution >= 4 is 48.9 Å². The Bertz CT molecular complexity index is 1290. The van der Waals surface area contributed by atoms with E-state index in [2.05, 4.69) is 5.32 Å². The molecule has 192 valence electrons. The Balaban J connectivity index is 1.78. The largest absolute Gasteiger partial charge is 0.416 e. The Morgan fingerprint density at radius 2 is 1.63 bits per heavy atom. The van der Waals surface area contributed by atoms with Crippen molar-refractivity contribution in [3.8, 4) is 0 Å². The molecule has 1 heterocycles. The summed E-state index contributed by atoms with van der Waals surface area (Å²) >= 11 is 5.95. The molecule has 0 radical (unpaired) electrons. The average molecular weight is 554 g/mol. The van der Waals surface area contributed by atoms with E-state index in [1.807, 2.05) is 0 Å². The number of carbonyl (C=O) groups excluding carboxylic acids is 1. The van der Waals surface area contributed by atoms with Crippen LogP contribution < -0.4 is 9.62 Å². The number of anilines is 2. The first-order valence-electron chi connectivity index (χ1n) is 10.4. The van der Waals surface area contributed by atoms with E-state index in [0.29, 0.717) is 29.5 Å². The van der Waals surface area contributed by atoms with Gasteiger partial charge in [-0.1, -0.05) is 18.0 Å². The van der Waals surface area contributed by atoms with E-state index in [-0.39, 0.29) is 15.6 Å². The van der Waals surface area contributed by atoms with E-state index in [1.165, 1.54) is 28.6 Å². The van der Waals surface area contributed by atoms with E-state index in [9.17, 15) is 34.8 Å². The highest BCUT2D eigenvalue weighted by atomic mass is 35.5. The number of amides is 1. The molecule has 0 unspecified atom stereocenters. The first-order chi connectivity index (χ1) is 16.2. The fourth-order valence-electron chi connectivity index (χ4n) is 3.56. The fourth-order valence-corrected chi connectivity index (χ4v) is 6.20. The van der Waals surface area contributed by atoms with Crippen molar-refractivity contribution < 1.29 is 34.8 Å². The molecular formula is C21H23ClF3N3O5S2. The van der Waals surface area contributed by atoms with Crippen LogP contribution in [-0.4, -0.2) is 52.9 Å². The number of nitrogens with one attached hydrogen (secondary N) is 1. The van der Waals surface area contributed by atoms with Gasteiger partial charge in [0.2, 0.25) is 26.0 Å². The third kappa shape index (κ3) is 6.66. The minimum atomic E-state index is -4.75. The normalized spacial score (nSPS) is 15.6. The monoisotopic (exact) mass is 553 g/mol. The summed E-state index contributed by atoms with van der Waals surface area (Å²) in [4.78, 5) is 12.6. The van der Waals surface area contributed by atoms with E-state index in [4.69, 9.17) is 11.6 Å². The first-order valence-corrected chi connectivity index (χ1v) is 14.1. The number of piperidine rings is 1. The zero-order chi connectivity index (χ0) is 26.0. The topological polar surface area (TPSA) is 104 Å². The Morgan fingerprint density at radius 3 is 2.17 bits per heavy atom. The lowest BCUT2D eigenvalue weighted by Gasteiger charge is -2.26. The molecular weight excluding hydrogens is 531 g/mol. The third-order valence-corrected chi connectivity index (χ3v) is 8.68. The number of nitrogens with zero attached hydrogens (tertiary/aromatic N) is 2. The summed E-state index contributed by atoms with van der Waals surface area (Å²) in [5.41, 5.74) is -1.45. The lowest BCUT2D eigenvalue weighted by molar-refractivity contribution is -0.137. The number of hydrogen-bond acceptors (Lipinski definition) is 5. The van der Waals surface area contributed by atoms with Crippen LogP contribution in [-0.2, 0) is 31.0 Å². The standard InChI is InChI=1S/C21H23ClF3N3O5S2/c1-34(30,31)28(19-13-15(21(23,24)25)5-10-18(19)22)14-20(29)26-16-6-8-17(9-7-16)35(32,33)27-11-3-2-4-12-27/h5-10,13H,2-4,11-12,14H2,1H3,(H,26,29). The van der Waals surface area contributed by atoms with Gasteiger partial charge in [0.1, 0.15) is 6.54 Å². The van der Waals surface area contributed by atoms with Crippen LogP contribution in [0.15, 0.2) is 47.4 Å². The molecule has 0 atom stereocenters. The SMILES string of the molecule is CS(=O)(=O)N(CC(=O)Nc1ccc(S(=O)(=O)N2CCCCC2)cc1)c1cc(C(F)(F)F)ccc1Cl. The molecule has 14 heteroatoms. The van der Waals surface area contributed by atoms with Crippen molar-refractivity contribution in [3.05, 3.63) is 53.1 Å². The quantitative estimate of drug-likeness (QED) is 0.559. The van der Waals surface area contributed by atoms with Crippen LogP contribution in [0.3, 0.4) is 0 Å². The smallest absolute Gasteiger partial charge is 0.325 e. The summed E-state index contributed by atoms with van der Waals surface area (Å²) in [6.45, 7) is 0.00812. The molecule has 2 aromatic carbocycles. The van der Waals surface area contributed by atoms with Gasteiger partial charge < -0.3 is 5.32 Å². The Morgan fingerprint density at radius 1 is 1.03 bits per heavy atom. The fraction of sp³-hybridized carbons (Fsp3) is 0.381. The highest BCUT2D eigenvalue weighted by Crippen LogP contribution is 2.36. The highest BCUT2D eigenvalue weighted by molar-refractivity contribution is 7.92. The molecule has 0 aliphatic carbocycles. The molecule has 1 N–H and O–H groups in total. The molecule has 1 aliphatic heterocycles. The Labute approximate surface area is 206 Å². The molecule has 1 saturated heterocycles. The van der Waals surface area contributed by atoms with Crippen LogP contribution in [0.5, 0.6) is 0 Å². The van der Waals surface area contributed by atoms with Crippen molar-refractivity contribution in [2.45, 2.75) is 30.3 Å². The second kappa shape index (κ2) is 10.3. The van der Waals surface area contributed by atoms with Gasteiger partial charge in [-0.25, -0.2) is 16.8 Å². The van der Waals surface area contributed by atoms with Crippen molar-refractivity contribution in [1.29, 1.82) is 0 Å². The number of carbonyl (C=O) groups is 1. The van der Waals surface area contributed by atoms with E-state index in [1.54, 1.807) is 0 Å². The van der Waals surface area contributed by atoms with Gasteiger partial charge in [0.15, 0.2) is 0 Å². The maximum Gasteiger partial charge on any atom is 0.416 e. The average Bonchev–Trinajstić information content (AvgIpc) is 2.77. The predicted octanol–water partition coefficient (Wildman–Crippen LogP) is 3.94. The molecule has 1 aliphatic rings. The lowest BCUT2D eigenvalue weighted by atomic mass is 10.2. The van der Waals surface area contributed by atoms with Gasteiger partial charge in [-0.2, -0.15) is 17.5 Å². The molecule has 35 heavy (non-hydrogen) atoms. The maximum atomic E-state index is 13.1. The van der Waals surface area contributed by atoms with Gasteiger partial charge in [0.25, 0.3) is 0 Å². The summed E-state index contributed by atoms with van der Waals surface area (Å²) in [7, 11) is -7.87. The molecule has 0 bridgehead atoms. The summed E-state index contributed by atoms with van der Waals surface area (Å²) < 4.78 is 91.2. The van der Waals surface area contributed by atoms with Crippen LogP contribution in [0, 0.1) is 0 Å². The molecule has 0 aromatic heterocycles. The second-order valence-corrected chi connectivity index (χ2v) is 12.2. The molecule has 1 fully saturated rings. The van der Waals surface area contributed by atoms with Gasteiger partial charge in [0, 0.05) is 18.8 Å². The van der Waals surface area contributed by atoms with Crippen LogP contribution in [0.2, 0.25) is 5.02 Å². The van der Waals surface area contributed by atoms with Crippen LogP contribution in [0.25, 0.3) is 0 Å². The summed E-state index contributed by atoms with van der Waals surface area (Å²) in [6.07, 6.45) is -1.49. The zero-order valence-electron chi connectivity index (χ0n) is 18.5. The Hall–Kier alpha value is -2.35. The second-order valence-electron chi connectivity index (χ2n) is 7.97. The number of sulfonamides is 2. The number of halogens is 4. The number of rotatable bonds is 7. The lowest BCUT2D eigenvalue weighted by Crippen LogP contribution is -2.37. The van der Waals surface area contributed by atoms with Crippen molar-refractivity contribution in [2.75, 3.05) is 35.5 Å². The van der Waals surface area contributed by atoms with E-state index < -0.39 is 49.9 Å².